The molecule has 0 radical (unpaired) electrons. The molecule has 2 amide bonds. The normalized spacial score (nSPS) is 16.9. The molecule has 0 saturated carbocycles. The van der Waals surface area contributed by atoms with Crippen molar-refractivity contribution in [1.82, 2.24) is 15.1 Å². The molecular formula is C18H27N3O2. The highest BCUT2D eigenvalue weighted by Gasteiger charge is 2.24. The van der Waals surface area contributed by atoms with E-state index in [-0.39, 0.29) is 17.7 Å². The highest BCUT2D eigenvalue weighted by Crippen LogP contribution is 2.10. The smallest absolute Gasteiger partial charge is 0.234 e. The zero-order chi connectivity index (χ0) is 16.7. The summed E-state index contributed by atoms with van der Waals surface area (Å²) in [5.74, 6) is 0.368. The third kappa shape index (κ3) is 5.36. The van der Waals surface area contributed by atoms with Gasteiger partial charge in [-0.15, -0.1) is 0 Å². The summed E-state index contributed by atoms with van der Waals surface area (Å²) in [6.07, 6.45) is 0.876. The van der Waals surface area contributed by atoms with Gasteiger partial charge in [0, 0.05) is 38.6 Å². The molecule has 23 heavy (non-hydrogen) atoms. The van der Waals surface area contributed by atoms with Crippen LogP contribution in [-0.4, -0.2) is 54.3 Å². The van der Waals surface area contributed by atoms with Crippen LogP contribution in [0.4, 0.5) is 0 Å². The molecule has 1 fully saturated rings. The van der Waals surface area contributed by atoms with Gasteiger partial charge in [0.25, 0.3) is 0 Å². The molecule has 1 aliphatic rings. The lowest BCUT2D eigenvalue weighted by Gasteiger charge is -2.35. The van der Waals surface area contributed by atoms with Crippen molar-refractivity contribution in [3.05, 3.63) is 35.9 Å². The summed E-state index contributed by atoms with van der Waals surface area (Å²) in [6.45, 7) is 7.94. The molecule has 1 N–H and O–H groups in total. The molecule has 1 heterocycles. The molecule has 1 saturated heterocycles. The monoisotopic (exact) mass is 317 g/mol. The van der Waals surface area contributed by atoms with Crippen LogP contribution in [0.1, 0.15) is 25.8 Å². The van der Waals surface area contributed by atoms with Gasteiger partial charge < -0.3 is 10.2 Å². The molecule has 0 bridgehead atoms. The maximum atomic E-state index is 12.1. The van der Waals surface area contributed by atoms with Gasteiger partial charge in [0.05, 0.1) is 6.54 Å². The molecule has 5 nitrogen and oxygen atoms in total. The van der Waals surface area contributed by atoms with Gasteiger partial charge in [0.2, 0.25) is 11.8 Å². The van der Waals surface area contributed by atoms with E-state index in [1.807, 2.05) is 49.1 Å². The molecule has 2 rings (SSSR count). The first kappa shape index (κ1) is 17.5. The summed E-state index contributed by atoms with van der Waals surface area (Å²) < 4.78 is 0. The number of amides is 2. The highest BCUT2D eigenvalue weighted by atomic mass is 16.2. The van der Waals surface area contributed by atoms with Crippen LogP contribution in [0, 0.1) is 5.92 Å². The summed E-state index contributed by atoms with van der Waals surface area (Å²) >= 11 is 0. The molecule has 0 unspecified atom stereocenters. The Hall–Kier alpha value is -1.88. The maximum absolute atomic E-state index is 12.1. The van der Waals surface area contributed by atoms with Crippen LogP contribution in [0.2, 0.25) is 0 Å². The first-order chi connectivity index (χ1) is 11.1. The average molecular weight is 317 g/mol. The Bertz CT molecular complexity index is 510. The Balaban J connectivity index is 1.69. The van der Waals surface area contributed by atoms with E-state index in [9.17, 15) is 9.59 Å². The predicted molar refractivity (Wildman–Crippen MR) is 90.8 cm³/mol. The topological polar surface area (TPSA) is 52.7 Å². The summed E-state index contributed by atoms with van der Waals surface area (Å²) in [7, 11) is 0. The van der Waals surface area contributed by atoms with Crippen molar-refractivity contribution in [2.75, 3.05) is 32.7 Å². The van der Waals surface area contributed by atoms with Crippen LogP contribution in [0.15, 0.2) is 30.3 Å². The van der Waals surface area contributed by atoms with E-state index in [1.54, 1.807) is 0 Å². The summed E-state index contributed by atoms with van der Waals surface area (Å²) in [5, 5.41) is 2.95. The van der Waals surface area contributed by atoms with Crippen molar-refractivity contribution >= 4 is 11.8 Å². The zero-order valence-corrected chi connectivity index (χ0v) is 14.1. The quantitative estimate of drug-likeness (QED) is 0.865. The fourth-order valence-electron chi connectivity index (χ4n) is 2.67. The summed E-state index contributed by atoms with van der Waals surface area (Å²) in [6, 6.07) is 9.90. The largest absolute Gasteiger partial charge is 0.351 e. The number of carbonyl (C=O) groups is 2. The van der Waals surface area contributed by atoms with Crippen molar-refractivity contribution < 1.29 is 9.59 Å². The van der Waals surface area contributed by atoms with E-state index in [0.29, 0.717) is 13.1 Å². The average Bonchev–Trinajstić information content (AvgIpc) is 2.60. The molecule has 0 spiro atoms. The summed E-state index contributed by atoms with van der Waals surface area (Å²) in [5.41, 5.74) is 1.10. The number of benzene rings is 1. The molecule has 0 aliphatic carbocycles. The number of hydrogen-bond acceptors (Lipinski definition) is 3. The van der Waals surface area contributed by atoms with Gasteiger partial charge in [-0.1, -0.05) is 44.2 Å². The molecule has 1 aromatic carbocycles. The highest BCUT2D eigenvalue weighted by molar-refractivity contribution is 5.79. The second-order valence-corrected chi connectivity index (χ2v) is 6.17. The van der Waals surface area contributed by atoms with Gasteiger partial charge >= 0.3 is 0 Å². The van der Waals surface area contributed by atoms with Gasteiger partial charge in [-0.05, 0) is 12.0 Å². The second kappa shape index (κ2) is 8.67. The minimum Gasteiger partial charge on any atom is -0.351 e. The molecule has 1 atom stereocenters. The first-order valence-electron chi connectivity index (χ1n) is 8.42. The molecule has 0 aromatic heterocycles. The fraction of sp³-hybridized carbons (Fsp3) is 0.556. The van der Waals surface area contributed by atoms with E-state index in [1.165, 1.54) is 0 Å². The number of hydrogen-bond donors (Lipinski definition) is 1. The van der Waals surface area contributed by atoms with E-state index in [4.69, 9.17) is 0 Å². The Labute approximate surface area is 138 Å². The fourth-order valence-corrected chi connectivity index (χ4v) is 2.67. The summed E-state index contributed by atoms with van der Waals surface area (Å²) in [4.78, 5) is 28.2. The van der Waals surface area contributed by atoms with E-state index < -0.39 is 0 Å². The molecule has 5 heteroatoms. The second-order valence-electron chi connectivity index (χ2n) is 6.17. The van der Waals surface area contributed by atoms with Crippen LogP contribution in [0.25, 0.3) is 0 Å². The Kier molecular flexibility index (Phi) is 6.59. The number of carbonyl (C=O) groups excluding carboxylic acids is 2. The van der Waals surface area contributed by atoms with Crippen molar-refractivity contribution in [2.24, 2.45) is 5.92 Å². The lowest BCUT2D eigenvalue weighted by Crippen LogP contribution is -2.52. The lowest BCUT2D eigenvalue weighted by atomic mass is 10.1. The Morgan fingerprint density at radius 1 is 1.13 bits per heavy atom. The SMILES string of the molecule is CC[C@H](C)C(=O)N1CCN(CC(=O)NCc2ccccc2)CC1. The molecule has 1 aliphatic heterocycles. The van der Waals surface area contributed by atoms with Crippen LogP contribution >= 0.6 is 0 Å². The van der Waals surface area contributed by atoms with E-state index in [0.717, 1.165) is 38.2 Å². The van der Waals surface area contributed by atoms with Gasteiger partial charge in [-0.3, -0.25) is 14.5 Å². The van der Waals surface area contributed by atoms with Gasteiger partial charge in [0.15, 0.2) is 0 Å². The third-order valence-corrected chi connectivity index (χ3v) is 4.42. The number of nitrogens with zero attached hydrogens (tertiary/aromatic N) is 2. The zero-order valence-electron chi connectivity index (χ0n) is 14.1. The molecular weight excluding hydrogens is 290 g/mol. The van der Waals surface area contributed by atoms with Crippen molar-refractivity contribution in [3.8, 4) is 0 Å². The molecule has 1 aromatic rings. The van der Waals surface area contributed by atoms with Gasteiger partial charge in [0.1, 0.15) is 0 Å². The Morgan fingerprint density at radius 2 is 1.78 bits per heavy atom. The number of nitrogens with one attached hydrogen (secondary N) is 1. The van der Waals surface area contributed by atoms with Crippen molar-refractivity contribution in [3.63, 3.8) is 0 Å². The van der Waals surface area contributed by atoms with Crippen molar-refractivity contribution in [2.45, 2.75) is 26.8 Å². The standard InChI is InChI=1S/C18H27N3O2/c1-3-15(2)18(23)21-11-9-20(10-12-21)14-17(22)19-13-16-7-5-4-6-8-16/h4-8,15H,3,9-14H2,1-2H3,(H,19,22)/t15-/m0/s1. The number of piperazine rings is 1. The molecule has 126 valence electrons. The first-order valence-corrected chi connectivity index (χ1v) is 8.42. The predicted octanol–water partition coefficient (Wildman–Crippen LogP) is 1.49. The van der Waals surface area contributed by atoms with Crippen LogP contribution < -0.4 is 5.32 Å². The van der Waals surface area contributed by atoms with Gasteiger partial charge in [-0.25, -0.2) is 0 Å². The van der Waals surface area contributed by atoms with Crippen LogP contribution in [-0.2, 0) is 16.1 Å². The minimum absolute atomic E-state index is 0.0376. The number of rotatable bonds is 6. The van der Waals surface area contributed by atoms with Crippen LogP contribution in [0.3, 0.4) is 0 Å². The third-order valence-electron chi connectivity index (χ3n) is 4.42. The van der Waals surface area contributed by atoms with Crippen LogP contribution in [0.5, 0.6) is 0 Å². The van der Waals surface area contributed by atoms with E-state index in [2.05, 4.69) is 10.2 Å². The minimum atomic E-state index is 0.0376. The van der Waals surface area contributed by atoms with Gasteiger partial charge in [-0.2, -0.15) is 0 Å². The Morgan fingerprint density at radius 3 is 2.39 bits per heavy atom. The lowest BCUT2D eigenvalue weighted by molar-refractivity contribution is -0.137. The van der Waals surface area contributed by atoms with E-state index >= 15 is 0 Å². The van der Waals surface area contributed by atoms with Crippen molar-refractivity contribution in [1.29, 1.82) is 0 Å². The maximum Gasteiger partial charge on any atom is 0.234 e.